The first kappa shape index (κ1) is 17.8. The average Bonchev–Trinajstić information content (AvgIpc) is 3.18. The molecule has 0 saturated heterocycles. The van der Waals surface area contributed by atoms with Gasteiger partial charge in [-0.3, -0.25) is 9.48 Å². The molecule has 4 saturated carbocycles. The number of aromatic nitrogens is 5. The largest absolute Gasteiger partial charge is 0.350 e. The Morgan fingerprint density at radius 1 is 1.30 bits per heavy atom. The van der Waals surface area contributed by atoms with Crippen LogP contribution in [-0.4, -0.2) is 30.5 Å². The molecule has 9 heteroatoms. The van der Waals surface area contributed by atoms with Gasteiger partial charge in [0.1, 0.15) is 6.33 Å². The van der Waals surface area contributed by atoms with Crippen LogP contribution in [0.15, 0.2) is 21.7 Å². The summed E-state index contributed by atoms with van der Waals surface area (Å²) in [5.74, 6) is 1.39. The Morgan fingerprint density at radius 2 is 2.04 bits per heavy atom. The number of aryl methyl sites for hydroxylation is 1. The van der Waals surface area contributed by atoms with Crippen molar-refractivity contribution in [1.82, 2.24) is 29.9 Å². The van der Waals surface area contributed by atoms with E-state index in [0.29, 0.717) is 23.1 Å². The molecule has 4 bridgehead atoms. The third-order valence-corrected chi connectivity index (χ3v) is 7.91. The van der Waals surface area contributed by atoms with Gasteiger partial charge in [0.2, 0.25) is 10.6 Å². The molecule has 4 fully saturated rings. The molecule has 4 aliphatic carbocycles. The summed E-state index contributed by atoms with van der Waals surface area (Å²) in [7, 11) is 1.90. The summed E-state index contributed by atoms with van der Waals surface area (Å²) < 4.78 is 5.39. The Labute approximate surface area is 174 Å². The third-order valence-electron chi connectivity index (χ3n) is 6.89. The second-order valence-corrected chi connectivity index (χ2v) is 10.2. The molecule has 0 aliphatic heterocycles. The fourth-order valence-corrected chi connectivity index (χ4v) is 6.96. The zero-order valence-corrected chi connectivity index (χ0v) is 18.3. The molecule has 2 atom stereocenters. The standard InChI is InChI=1S/C18H22Br2N6O/c1-25-14(13(19)7-23-25)8-21-15(27)17-3-11-2-12(4-17)6-18(5-11,9-17)26-10-22-16(20)24-26/h7,10-12H,2-6,8-9H2,1H3,(H,21,27). The van der Waals surface area contributed by atoms with Crippen LogP contribution in [0.1, 0.15) is 44.2 Å². The molecule has 2 aromatic heterocycles. The molecule has 1 amide bonds. The van der Waals surface area contributed by atoms with Crippen LogP contribution in [0.3, 0.4) is 0 Å². The van der Waals surface area contributed by atoms with Gasteiger partial charge in [-0.05, 0) is 82.2 Å². The molecule has 2 aromatic rings. The van der Waals surface area contributed by atoms with E-state index in [9.17, 15) is 4.79 Å². The lowest BCUT2D eigenvalue weighted by Crippen LogP contribution is -2.61. The number of carbonyl (C=O) groups excluding carboxylic acids is 1. The first-order chi connectivity index (χ1) is 12.9. The molecule has 6 rings (SSSR count). The van der Waals surface area contributed by atoms with E-state index in [-0.39, 0.29) is 16.9 Å². The molecule has 0 spiro atoms. The van der Waals surface area contributed by atoms with E-state index < -0.39 is 0 Å². The highest BCUT2D eigenvalue weighted by atomic mass is 79.9. The lowest BCUT2D eigenvalue weighted by atomic mass is 9.46. The van der Waals surface area contributed by atoms with Gasteiger partial charge in [-0.15, -0.1) is 5.10 Å². The van der Waals surface area contributed by atoms with Crippen LogP contribution in [-0.2, 0) is 23.9 Å². The Kier molecular flexibility index (Phi) is 4.06. The molecule has 2 unspecified atom stereocenters. The molecule has 0 aromatic carbocycles. The Morgan fingerprint density at radius 3 is 2.63 bits per heavy atom. The predicted molar refractivity (Wildman–Crippen MR) is 106 cm³/mol. The van der Waals surface area contributed by atoms with Crippen LogP contribution in [0.2, 0.25) is 0 Å². The number of rotatable bonds is 4. The van der Waals surface area contributed by atoms with Crippen molar-refractivity contribution in [3.05, 3.63) is 27.4 Å². The number of nitrogens with zero attached hydrogens (tertiary/aromatic N) is 5. The van der Waals surface area contributed by atoms with Crippen molar-refractivity contribution in [1.29, 1.82) is 0 Å². The number of amides is 1. The van der Waals surface area contributed by atoms with Crippen molar-refractivity contribution in [3.63, 3.8) is 0 Å². The van der Waals surface area contributed by atoms with Gasteiger partial charge in [-0.2, -0.15) is 5.10 Å². The van der Waals surface area contributed by atoms with E-state index in [0.717, 1.165) is 42.3 Å². The highest BCUT2D eigenvalue weighted by molar-refractivity contribution is 9.10. The van der Waals surface area contributed by atoms with Crippen LogP contribution in [0.5, 0.6) is 0 Å². The molecule has 0 radical (unpaired) electrons. The summed E-state index contributed by atoms with van der Waals surface area (Å²) in [5, 5.41) is 12.0. The van der Waals surface area contributed by atoms with Crippen LogP contribution in [0.25, 0.3) is 0 Å². The van der Waals surface area contributed by atoms with Gasteiger partial charge in [0.25, 0.3) is 0 Å². The molecular weight excluding hydrogens is 476 g/mol. The second kappa shape index (κ2) is 6.14. The topological polar surface area (TPSA) is 77.6 Å². The number of hydrogen-bond acceptors (Lipinski definition) is 4. The number of halogens is 2. The van der Waals surface area contributed by atoms with Crippen LogP contribution < -0.4 is 5.32 Å². The Balaban J connectivity index is 1.41. The molecule has 4 aliphatic rings. The average molecular weight is 498 g/mol. The lowest BCUT2D eigenvalue weighted by Gasteiger charge is -2.60. The van der Waals surface area contributed by atoms with Crippen molar-refractivity contribution in [2.75, 3.05) is 0 Å². The van der Waals surface area contributed by atoms with Crippen molar-refractivity contribution in [2.24, 2.45) is 24.3 Å². The highest BCUT2D eigenvalue weighted by Gasteiger charge is 2.61. The van der Waals surface area contributed by atoms with Gasteiger partial charge in [0, 0.05) is 7.05 Å². The molecular formula is C18H22Br2N6O. The maximum atomic E-state index is 13.4. The van der Waals surface area contributed by atoms with Crippen LogP contribution >= 0.6 is 31.9 Å². The molecule has 2 heterocycles. The normalized spacial score (nSPS) is 34.2. The number of carbonyl (C=O) groups is 1. The fourth-order valence-electron chi connectivity index (χ4n) is 6.21. The Hall–Kier alpha value is -1.22. The summed E-state index contributed by atoms with van der Waals surface area (Å²) >= 11 is 6.89. The van der Waals surface area contributed by atoms with E-state index in [1.165, 1.54) is 6.42 Å². The molecule has 7 nitrogen and oxygen atoms in total. The predicted octanol–water partition coefficient (Wildman–Crippen LogP) is 3.15. The summed E-state index contributed by atoms with van der Waals surface area (Å²) in [6, 6.07) is 0. The molecule has 1 N–H and O–H groups in total. The maximum Gasteiger partial charge on any atom is 0.226 e. The lowest BCUT2D eigenvalue weighted by molar-refractivity contribution is -0.156. The fraction of sp³-hybridized carbons (Fsp3) is 0.667. The van der Waals surface area contributed by atoms with Gasteiger partial charge in [-0.25, -0.2) is 9.67 Å². The highest BCUT2D eigenvalue weighted by Crippen LogP contribution is 2.64. The van der Waals surface area contributed by atoms with Crippen molar-refractivity contribution < 1.29 is 4.79 Å². The van der Waals surface area contributed by atoms with E-state index in [2.05, 4.69) is 52.4 Å². The van der Waals surface area contributed by atoms with Crippen molar-refractivity contribution in [2.45, 2.75) is 50.6 Å². The third kappa shape index (κ3) is 2.80. The van der Waals surface area contributed by atoms with Gasteiger partial charge >= 0.3 is 0 Å². The first-order valence-corrected chi connectivity index (χ1v) is 11.0. The molecule has 144 valence electrons. The summed E-state index contributed by atoms with van der Waals surface area (Å²) in [6.07, 6.45) is 9.93. The van der Waals surface area contributed by atoms with E-state index in [1.54, 1.807) is 10.9 Å². The first-order valence-electron chi connectivity index (χ1n) is 9.41. The quantitative estimate of drug-likeness (QED) is 0.703. The van der Waals surface area contributed by atoms with Gasteiger partial charge in [0.05, 0.1) is 33.9 Å². The monoisotopic (exact) mass is 496 g/mol. The summed E-state index contributed by atoms with van der Waals surface area (Å²) in [5.41, 5.74) is 0.643. The minimum absolute atomic E-state index is 0.0619. The summed E-state index contributed by atoms with van der Waals surface area (Å²) in [4.78, 5) is 17.7. The summed E-state index contributed by atoms with van der Waals surface area (Å²) in [6.45, 7) is 0.495. The van der Waals surface area contributed by atoms with E-state index in [1.807, 2.05) is 18.1 Å². The minimum atomic E-state index is -0.284. The zero-order valence-electron chi connectivity index (χ0n) is 15.2. The van der Waals surface area contributed by atoms with E-state index >= 15 is 0 Å². The van der Waals surface area contributed by atoms with Gasteiger partial charge < -0.3 is 5.32 Å². The van der Waals surface area contributed by atoms with Crippen LogP contribution in [0.4, 0.5) is 0 Å². The van der Waals surface area contributed by atoms with Gasteiger partial charge in [-0.1, -0.05) is 0 Å². The SMILES string of the molecule is Cn1ncc(Br)c1CNC(=O)C12CC3CC(C1)CC(n1cnc(Br)n1)(C3)C2. The zero-order chi connectivity index (χ0) is 18.8. The van der Waals surface area contributed by atoms with Crippen molar-refractivity contribution in [3.8, 4) is 0 Å². The van der Waals surface area contributed by atoms with Crippen molar-refractivity contribution >= 4 is 37.8 Å². The Bertz CT molecular complexity index is 872. The minimum Gasteiger partial charge on any atom is -0.350 e. The van der Waals surface area contributed by atoms with E-state index in [4.69, 9.17) is 0 Å². The van der Waals surface area contributed by atoms with Crippen LogP contribution in [0, 0.1) is 17.3 Å². The smallest absolute Gasteiger partial charge is 0.226 e. The number of hydrogen-bond donors (Lipinski definition) is 1. The van der Waals surface area contributed by atoms with Gasteiger partial charge in [0.15, 0.2) is 0 Å². The second-order valence-electron chi connectivity index (χ2n) is 8.67. The number of nitrogens with one attached hydrogen (secondary N) is 1. The maximum absolute atomic E-state index is 13.4. The molecule has 27 heavy (non-hydrogen) atoms.